The number of nitrogens with one attached hydrogen (secondary N) is 1. The van der Waals surface area contributed by atoms with Gasteiger partial charge in [0, 0.05) is 17.8 Å². The van der Waals surface area contributed by atoms with Gasteiger partial charge in [0.2, 0.25) is 5.75 Å². The van der Waals surface area contributed by atoms with Crippen molar-refractivity contribution < 1.29 is 14.2 Å². The van der Waals surface area contributed by atoms with Gasteiger partial charge in [0.25, 0.3) is 0 Å². The van der Waals surface area contributed by atoms with Crippen molar-refractivity contribution in [1.82, 2.24) is 0 Å². The second kappa shape index (κ2) is 6.45. The summed E-state index contributed by atoms with van der Waals surface area (Å²) in [6.07, 6.45) is 0. The van der Waals surface area contributed by atoms with E-state index in [-0.39, 0.29) is 0 Å². The van der Waals surface area contributed by atoms with E-state index in [4.69, 9.17) is 31.5 Å². The highest BCUT2D eigenvalue weighted by Crippen LogP contribution is 2.41. The Morgan fingerprint density at radius 1 is 1.00 bits per heavy atom. The molecule has 2 rings (SSSR count). The molecule has 0 aliphatic carbocycles. The Kier molecular flexibility index (Phi) is 4.65. The number of hydrogen-bond acceptors (Lipinski definition) is 5. The SMILES string of the molecule is COc1cc(Nc2cccc(Cl)c2N)cc(OC)c1OC. The molecule has 6 heteroatoms. The molecular weight excluding hydrogens is 292 g/mol. The van der Waals surface area contributed by atoms with Crippen molar-refractivity contribution in [3.8, 4) is 17.2 Å². The zero-order valence-electron chi connectivity index (χ0n) is 12.1. The lowest BCUT2D eigenvalue weighted by Gasteiger charge is -2.16. The van der Waals surface area contributed by atoms with Crippen LogP contribution in [0.1, 0.15) is 0 Å². The van der Waals surface area contributed by atoms with Gasteiger partial charge in [-0.05, 0) is 12.1 Å². The van der Waals surface area contributed by atoms with Gasteiger partial charge in [-0.25, -0.2) is 0 Å². The summed E-state index contributed by atoms with van der Waals surface area (Å²) in [7, 11) is 4.69. The molecule has 0 heterocycles. The van der Waals surface area contributed by atoms with E-state index in [1.54, 1.807) is 39.5 Å². The average Bonchev–Trinajstić information content (AvgIpc) is 2.50. The summed E-state index contributed by atoms with van der Waals surface area (Å²) in [5, 5.41) is 3.68. The Labute approximate surface area is 128 Å². The predicted octanol–water partition coefficient (Wildman–Crippen LogP) is 3.69. The first-order valence-corrected chi connectivity index (χ1v) is 6.59. The van der Waals surface area contributed by atoms with Crippen molar-refractivity contribution in [2.75, 3.05) is 32.4 Å². The van der Waals surface area contributed by atoms with Gasteiger partial charge in [0.05, 0.1) is 37.7 Å². The van der Waals surface area contributed by atoms with Gasteiger partial charge in [0.1, 0.15) is 0 Å². The van der Waals surface area contributed by atoms with Crippen LogP contribution < -0.4 is 25.3 Å². The quantitative estimate of drug-likeness (QED) is 0.825. The van der Waals surface area contributed by atoms with Crippen LogP contribution in [0.15, 0.2) is 30.3 Å². The van der Waals surface area contributed by atoms with E-state index in [1.807, 2.05) is 12.1 Å². The van der Waals surface area contributed by atoms with Crippen molar-refractivity contribution in [3.63, 3.8) is 0 Å². The fraction of sp³-hybridized carbons (Fsp3) is 0.200. The van der Waals surface area contributed by atoms with Crippen LogP contribution in [0, 0.1) is 0 Å². The number of benzene rings is 2. The van der Waals surface area contributed by atoms with Crippen molar-refractivity contribution in [2.24, 2.45) is 0 Å². The van der Waals surface area contributed by atoms with Crippen LogP contribution in [0.2, 0.25) is 5.02 Å². The molecule has 0 spiro atoms. The zero-order chi connectivity index (χ0) is 15.4. The highest BCUT2D eigenvalue weighted by atomic mass is 35.5. The van der Waals surface area contributed by atoms with E-state index in [0.29, 0.717) is 33.6 Å². The highest BCUT2D eigenvalue weighted by molar-refractivity contribution is 6.33. The molecule has 0 atom stereocenters. The molecule has 0 bridgehead atoms. The number of rotatable bonds is 5. The van der Waals surface area contributed by atoms with Crippen molar-refractivity contribution >= 4 is 28.7 Å². The van der Waals surface area contributed by atoms with E-state index >= 15 is 0 Å². The molecule has 0 aliphatic heterocycles. The van der Waals surface area contributed by atoms with Gasteiger partial charge in [-0.3, -0.25) is 0 Å². The van der Waals surface area contributed by atoms with Crippen molar-refractivity contribution in [1.29, 1.82) is 0 Å². The number of nitrogen functional groups attached to an aromatic ring is 1. The molecule has 0 aromatic heterocycles. The third-order valence-corrected chi connectivity index (χ3v) is 3.33. The molecule has 112 valence electrons. The molecule has 3 N–H and O–H groups in total. The van der Waals surface area contributed by atoms with E-state index in [9.17, 15) is 0 Å². The average molecular weight is 309 g/mol. The third-order valence-electron chi connectivity index (χ3n) is 3.00. The van der Waals surface area contributed by atoms with Gasteiger partial charge in [0.15, 0.2) is 11.5 Å². The predicted molar refractivity (Wildman–Crippen MR) is 85.2 cm³/mol. The van der Waals surface area contributed by atoms with Crippen LogP contribution in [0.4, 0.5) is 17.1 Å². The molecule has 0 unspecified atom stereocenters. The van der Waals surface area contributed by atoms with Gasteiger partial charge < -0.3 is 25.3 Å². The van der Waals surface area contributed by atoms with Crippen LogP contribution in [-0.4, -0.2) is 21.3 Å². The van der Waals surface area contributed by atoms with Crippen molar-refractivity contribution in [2.45, 2.75) is 0 Å². The Bertz CT molecular complexity index is 622. The molecule has 0 fully saturated rings. The topological polar surface area (TPSA) is 65.7 Å². The van der Waals surface area contributed by atoms with Gasteiger partial charge >= 0.3 is 0 Å². The van der Waals surface area contributed by atoms with Crippen LogP contribution in [0.3, 0.4) is 0 Å². The second-order valence-electron chi connectivity index (χ2n) is 4.24. The minimum Gasteiger partial charge on any atom is -0.493 e. The van der Waals surface area contributed by atoms with Crippen LogP contribution in [-0.2, 0) is 0 Å². The summed E-state index contributed by atoms with van der Waals surface area (Å²) in [6, 6.07) is 8.98. The summed E-state index contributed by atoms with van der Waals surface area (Å²) in [4.78, 5) is 0. The Balaban J connectivity index is 2.43. The lowest BCUT2D eigenvalue weighted by atomic mass is 10.2. The number of nitrogens with two attached hydrogens (primary N) is 1. The molecular formula is C15H17ClN2O3. The Morgan fingerprint density at radius 2 is 1.62 bits per heavy atom. The van der Waals surface area contributed by atoms with Crippen LogP contribution in [0.5, 0.6) is 17.2 Å². The number of anilines is 3. The lowest BCUT2D eigenvalue weighted by molar-refractivity contribution is 0.324. The largest absolute Gasteiger partial charge is 0.493 e. The van der Waals surface area contributed by atoms with Gasteiger partial charge in [-0.1, -0.05) is 17.7 Å². The van der Waals surface area contributed by atoms with E-state index in [1.165, 1.54) is 0 Å². The molecule has 2 aromatic carbocycles. The maximum absolute atomic E-state index is 6.01. The molecule has 5 nitrogen and oxygen atoms in total. The first-order chi connectivity index (χ1) is 10.1. The maximum Gasteiger partial charge on any atom is 0.203 e. The van der Waals surface area contributed by atoms with E-state index < -0.39 is 0 Å². The number of para-hydroxylation sites is 1. The highest BCUT2D eigenvalue weighted by Gasteiger charge is 2.14. The molecule has 0 aliphatic rings. The standard InChI is InChI=1S/C15H17ClN2O3/c1-19-12-7-9(8-13(20-2)15(12)21-3)18-11-6-4-5-10(16)14(11)17/h4-8,18H,17H2,1-3H3. The summed E-state index contributed by atoms with van der Waals surface area (Å²) < 4.78 is 15.9. The smallest absolute Gasteiger partial charge is 0.203 e. The molecule has 0 saturated heterocycles. The molecule has 0 amide bonds. The molecule has 0 saturated carbocycles. The molecule has 0 radical (unpaired) electrons. The zero-order valence-corrected chi connectivity index (χ0v) is 12.8. The number of ether oxygens (including phenoxy) is 3. The number of methoxy groups -OCH3 is 3. The lowest BCUT2D eigenvalue weighted by Crippen LogP contribution is -2.00. The normalized spacial score (nSPS) is 10.1. The van der Waals surface area contributed by atoms with Gasteiger partial charge in [-0.2, -0.15) is 0 Å². The Hall–Kier alpha value is -2.27. The minimum absolute atomic E-state index is 0.480. The summed E-state index contributed by atoms with van der Waals surface area (Å²) in [6.45, 7) is 0. The van der Waals surface area contributed by atoms with Gasteiger partial charge in [-0.15, -0.1) is 0 Å². The third kappa shape index (κ3) is 3.08. The number of halogens is 1. The minimum atomic E-state index is 0.480. The summed E-state index contributed by atoms with van der Waals surface area (Å²) in [5.74, 6) is 1.64. The number of hydrogen-bond donors (Lipinski definition) is 2. The first-order valence-electron chi connectivity index (χ1n) is 6.21. The van der Waals surface area contributed by atoms with E-state index in [2.05, 4.69) is 5.32 Å². The monoisotopic (exact) mass is 308 g/mol. The van der Waals surface area contributed by atoms with E-state index in [0.717, 1.165) is 5.69 Å². The van der Waals surface area contributed by atoms with Crippen LogP contribution >= 0.6 is 11.6 Å². The van der Waals surface area contributed by atoms with Crippen molar-refractivity contribution in [3.05, 3.63) is 35.4 Å². The maximum atomic E-state index is 6.01. The summed E-state index contributed by atoms with van der Waals surface area (Å²) >= 11 is 6.01. The molecule has 2 aromatic rings. The second-order valence-corrected chi connectivity index (χ2v) is 4.65. The Morgan fingerprint density at radius 3 is 2.14 bits per heavy atom. The summed E-state index contributed by atoms with van der Waals surface area (Å²) in [5.41, 5.74) is 7.88. The fourth-order valence-electron chi connectivity index (χ4n) is 1.95. The van der Waals surface area contributed by atoms with Crippen LogP contribution in [0.25, 0.3) is 0 Å². The fourth-order valence-corrected chi connectivity index (χ4v) is 2.13. The first kappa shape index (κ1) is 15.1. The molecule has 21 heavy (non-hydrogen) atoms.